The van der Waals surface area contributed by atoms with Gasteiger partial charge in [-0.1, -0.05) is 11.6 Å². The summed E-state index contributed by atoms with van der Waals surface area (Å²) in [5, 5.41) is 4.21. The predicted molar refractivity (Wildman–Crippen MR) is 69.6 cm³/mol. The van der Waals surface area contributed by atoms with Gasteiger partial charge in [0.05, 0.1) is 5.02 Å². The molecule has 0 atom stereocenters. The van der Waals surface area contributed by atoms with Crippen molar-refractivity contribution in [1.29, 1.82) is 0 Å². The van der Waals surface area contributed by atoms with Crippen LogP contribution in [0.1, 0.15) is 18.4 Å². The standard InChI is InChI=1S/C12H16Cl2N2O/c13-9-12(2-5-17-6-3-12)16-7-10-1-4-15-8-11(10)14/h1,4,8,16H,2-3,5-7,9H2. The normalized spacial score (nSPS) is 19.2. The molecular formula is C12H16Cl2N2O. The van der Waals surface area contributed by atoms with Crippen LogP contribution >= 0.6 is 23.2 Å². The second-order valence-electron chi connectivity index (χ2n) is 4.35. The van der Waals surface area contributed by atoms with E-state index in [0.29, 0.717) is 17.4 Å². The predicted octanol–water partition coefficient (Wildman–Crippen LogP) is 2.61. The highest BCUT2D eigenvalue weighted by Gasteiger charge is 2.31. The van der Waals surface area contributed by atoms with Gasteiger partial charge in [0.1, 0.15) is 0 Å². The molecule has 0 radical (unpaired) electrons. The van der Waals surface area contributed by atoms with Gasteiger partial charge in [-0.05, 0) is 24.5 Å². The van der Waals surface area contributed by atoms with E-state index in [2.05, 4.69) is 10.3 Å². The van der Waals surface area contributed by atoms with Crippen molar-refractivity contribution in [2.24, 2.45) is 0 Å². The summed E-state index contributed by atoms with van der Waals surface area (Å²) in [5.41, 5.74) is 1.03. The summed E-state index contributed by atoms with van der Waals surface area (Å²) < 4.78 is 5.37. The molecule has 1 aliphatic heterocycles. The number of rotatable bonds is 4. The number of pyridine rings is 1. The summed E-state index contributed by atoms with van der Waals surface area (Å²) in [4.78, 5) is 3.97. The zero-order valence-corrected chi connectivity index (χ0v) is 11.1. The molecule has 5 heteroatoms. The number of hydrogen-bond donors (Lipinski definition) is 1. The Labute approximate surface area is 111 Å². The second kappa shape index (κ2) is 6.01. The highest BCUT2D eigenvalue weighted by atomic mass is 35.5. The third-order valence-corrected chi connectivity index (χ3v) is 4.07. The van der Waals surface area contributed by atoms with Crippen molar-refractivity contribution in [3.05, 3.63) is 29.0 Å². The number of halogens is 2. The Morgan fingerprint density at radius 1 is 1.41 bits per heavy atom. The quantitative estimate of drug-likeness (QED) is 0.858. The molecule has 1 saturated heterocycles. The van der Waals surface area contributed by atoms with Crippen molar-refractivity contribution in [3.8, 4) is 0 Å². The lowest BCUT2D eigenvalue weighted by Crippen LogP contribution is -2.50. The number of alkyl halides is 1. The van der Waals surface area contributed by atoms with Gasteiger partial charge in [-0.3, -0.25) is 4.98 Å². The van der Waals surface area contributed by atoms with Crippen molar-refractivity contribution in [2.75, 3.05) is 19.1 Å². The van der Waals surface area contributed by atoms with Crippen molar-refractivity contribution < 1.29 is 4.74 Å². The van der Waals surface area contributed by atoms with E-state index >= 15 is 0 Å². The van der Waals surface area contributed by atoms with Crippen LogP contribution in [0.5, 0.6) is 0 Å². The molecule has 0 unspecified atom stereocenters. The fourth-order valence-corrected chi connectivity index (χ4v) is 2.50. The summed E-state index contributed by atoms with van der Waals surface area (Å²) >= 11 is 12.2. The molecule has 0 saturated carbocycles. The topological polar surface area (TPSA) is 34.2 Å². The summed E-state index contributed by atoms with van der Waals surface area (Å²) in [6, 6.07) is 1.93. The maximum Gasteiger partial charge on any atom is 0.0634 e. The minimum atomic E-state index is -0.0214. The Kier molecular flexibility index (Phi) is 4.62. The van der Waals surface area contributed by atoms with Crippen LogP contribution in [0.15, 0.2) is 18.5 Å². The molecule has 1 fully saturated rings. The molecular weight excluding hydrogens is 259 g/mol. The van der Waals surface area contributed by atoms with E-state index in [1.807, 2.05) is 6.07 Å². The third-order valence-electron chi connectivity index (χ3n) is 3.22. The molecule has 3 nitrogen and oxygen atoms in total. The summed E-state index contributed by atoms with van der Waals surface area (Å²) in [6.07, 6.45) is 5.30. The molecule has 2 rings (SSSR count). The lowest BCUT2D eigenvalue weighted by atomic mass is 9.92. The van der Waals surface area contributed by atoms with Gasteiger partial charge in [-0.15, -0.1) is 11.6 Å². The van der Waals surface area contributed by atoms with Crippen LogP contribution < -0.4 is 5.32 Å². The van der Waals surface area contributed by atoms with Gasteiger partial charge in [0.2, 0.25) is 0 Å². The van der Waals surface area contributed by atoms with E-state index < -0.39 is 0 Å². The van der Waals surface area contributed by atoms with E-state index in [1.54, 1.807) is 12.4 Å². The van der Waals surface area contributed by atoms with Gasteiger partial charge >= 0.3 is 0 Å². The zero-order valence-electron chi connectivity index (χ0n) is 9.59. The first-order valence-electron chi connectivity index (χ1n) is 5.73. The van der Waals surface area contributed by atoms with Crippen molar-refractivity contribution in [1.82, 2.24) is 10.3 Å². The average molecular weight is 275 g/mol. The molecule has 1 aromatic heterocycles. The highest BCUT2D eigenvalue weighted by Crippen LogP contribution is 2.23. The summed E-state index contributed by atoms with van der Waals surface area (Å²) in [6.45, 7) is 2.25. The average Bonchev–Trinajstić information content (AvgIpc) is 2.39. The Bertz CT molecular complexity index is 367. The maximum absolute atomic E-state index is 6.08. The van der Waals surface area contributed by atoms with Gasteiger partial charge in [-0.25, -0.2) is 0 Å². The molecule has 1 aromatic rings. The molecule has 0 aromatic carbocycles. The van der Waals surface area contributed by atoms with E-state index in [9.17, 15) is 0 Å². The Balaban J connectivity index is 1.98. The largest absolute Gasteiger partial charge is 0.381 e. The molecule has 0 spiro atoms. The Morgan fingerprint density at radius 2 is 2.18 bits per heavy atom. The van der Waals surface area contributed by atoms with Gasteiger partial charge in [0, 0.05) is 43.6 Å². The van der Waals surface area contributed by atoms with E-state index in [1.165, 1.54) is 0 Å². The van der Waals surface area contributed by atoms with Gasteiger partial charge in [0.25, 0.3) is 0 Å². The van der Waals surface area contributed by atoms with Crippen LogP contribution in [0.25, 0.3) is 0 Å². The second-order valence-corrected chi connectivity index (χ2v) is 5.02. The van der Waals surface area contributed by atoms with E-state index in [0.717, 1.165) is 31.6 Å². The summed E-state index contributed by atoms with van der Waals surface area (Å²) in [5.74, 6) is 0.596. The van der Waals surface area contributed by atoms with Crippen LogP contribution in [-0.4, -0.2) is 29.6 Å². The van der Waals surface area contributed by atoms with Crippen molar-refractivity contribution in [3.63, 3.8) is 0 Å². The fraction of sp³-hybridized carbons (Fsp3) is 0.583. The number of nitrogens with one attached hydrogen (secondary N) is 1. The first-order chi connectivity index (χ1) is 8.26. The lowest BCUT2D eigenvalue weighted by Gasteiger charge is -2.36. The molecule has 94 valence electrons. The van der Waals surface area contributed by atoms with Gasteiger partial charge in [-0.2, -0.15) is 0 Å². The van der Waals surface area contributed by atoms with Crippen LogP contribution in [-0.2, 0) is 11.3 Å². The minimum absolute atomic E-state index is 0.0214. The first-order valence-corrected chi connectivity index (χ1v) is 6.64. The van der Waals surface area contributed by atoms with Crippen LogP contribution in [0.2, 0.25) is 5.02 Å². The Hall–Kier alpha value is -0.350. The van der Waals surface area contributed by atoms with Crippen LogP contribution in [0.4, 0.5) is 0 Å². The van der Waals surface area contributed by atoms with Crippen molar-refractivity contribution >= 4 is 23.2 Å². The molecule has 0 amide bonds. The number of nitrogens with zero attached hydrogens (tertiary/aromatic N) is 1. The monoisotopic (exact) mass is 274 g/mol. The third kappa shape index (κ3) is 3.32. The lowest BCUT2D eigenvalue weighted by molar-refractivity contribution is 0.0459. The molecule has 2 heterocycles. The molecule has 17 heavy (non-hydrogen) atoms. The van der Waals surface area contributed by atoms with Crippen LogP contribution in [0.3, 0.4) is 0 Å². The number of ether oxygens (including phenoxy) is 1. The maximum atomic E-state index is 6.08. The van der Waals surface area contributed by atoms with E-state index in [4.69, 9.17) is 27.9 Å². The van der Waals surface area contributed by atoms with Crippen LogP contribution in [0, 0.1) is 0 Å². The van der Waals surface area contributed by atoms with Gasteiger partial charge < -0.3 is 10.1 Å². The SMILES string of the molecule is ClCC1(NCc2ccncc2Cl)CCOCC1. The fourth-order valence-electron chi connectivity index (χ4n) is 1.95. The number of aromatic nitrogens is 1. The first kappa shape index (κ1) is 13.1. The summed E-state index contributed by atoms with van der Waals surface area (Å²) in [7, 11) is 0. The van der Waals surface area contributed by atoms with E-state index in [-0.39, 0.29) is 5.54 Å². The minimum Gasteiger partial charge on any atom is -0.381 e. The highest BCUT2D eigenvalue weighted by molar-refractivity contribution is 6.31. The molecule has 1 N–H and O–H groups in total. The van der Waals surface area contributed by atoms with Gasteiger partial charge in [0.15, 0.2) is 0 Å². The molecule has 0 bridgehead atoms. The smallest absolute Gasteiger partial charge is 0.0634 e. The molecule has 1 aliphatic rings. The number of hydrogen-bond acceptors (Lipinski definition) is 3. The zero-order chi connectivity index (χ0) is 12.1. The Morgan fingerprint density at radius 3 is 2.82 bits per heavy atom. The molecule has 0 aliphatic carbocycles. The van der Waals surface area contributed by atoms with Crippen molar-refractivity contribution in [2.45, 2.75) is 24.9 Å².